The zero-order valence-corrected chi connectivity index (χ0v) is 8.81. The maximum Gasteiger partial charge on any atom is 0.219 e. The van der Waals surface area contributed by atoms with Crippen LogP contribution in [0, 0.1) is 5.92 Å². The summed E-state index contributed by atoms with van der Waals surface area (Å²) in [4.78, 5) is 10.5. The Morgan fingerprint density at radius 1 is 1.38 bits per heavy atom. The van der Waals surface area contributed by atoms with Crippen LogP contribution in [0.25, 0.3) is 0 Å². The highest BCUT2D eigenvalue weighted by Crippen LogP contribution is 2.23. The van der Waals surface area contributed by atoms with Gasteiger partial charge in [0.15, 0.2) is 0 Å². The molecule has 0 aromatic rings. The van der Waals surface area contributed by atoms with Crippen LogP contribution in [0.2, 0.25) is 0 Å². The zero-order valence-electron chi connectivity index (χ0n) is 7.99. The minimum atomic E-state index is -1.27. The molecule has 1 saturated carbocycles. The van der Waals surface area contributed by atoms with Crippen LogP contribution in [0.4, 0.5) is 0 Å². The second-order valence-electron chi connectivity index (χ2n) is 3.60. The molecule has 0 N–H and O–H groups in total. The molecule has 0 aromatic carbocycles. The molecular weight excluding hydrogens is 186 g/mol. The Balaban J connectivity index is 2.38. The lowest BCUT2D eigenvalue weighted by atomic mass is 9.91. The van der Waals surface area contributed by atoms with E-state index < -0.39 is 10.6 Å². The van der Waals surface area contributed by atoms with E-state index in [1.807, 2.05) is 0 Å². The van der Waals surface area contributed by atoms with Crippen LogP contribution in [-0.2, 0) is 19.6 Å². The lowest BCUT2D eigenvalue weighted by Crippen LogP contribution is -2.11. The fourth-order valence-corrected chi connectivity index (χ4v) is 2.83. The summed E-state index contributed by atoms with van der Waals surface area (Å²) in [6, 6.07) is 0. The van der Waals surface area contributed by atoms with Crippen molar-refractivity contribution in [3.05, 3.63) is 0 Å². The van der Waals surface area contributed by atoms with Crippen molar-refractivity contribution in [1.29, 1.82) is 0 Å². The molecule has 0 aromatic heterocycles. The Kier molecular flexibility index (Phi) is 4.42. The van der Waals surface area contributed by atoms with Crippen LogP contribution < -0.4 is 0 Å². The molecule has 0 saturated heterocycles. The van der Waals surface area contributed by atoms with Gasteiger partial charge in [0.1, 0.15) is 0 Å². The van der Waals surface area contributed by atoms with Crippen LogP contribution in [0.15, 0.2) is 4.36 Å². The molecule has 1 amide bonds. The van der Waals surface area contributed by atoms with Crippen molar-refractivity contribution in [2.75, 3.05) is 5.75 Å². The fourth-order valence-electron chi connectivity index (χ4n) is 1.74. The quantitative estimate of drug-likeness (QED) is 0.645. The summed E-state index contributed by atoms with van der Waals surface area (Å²) in [5, 5.41) is 0. The summed E-state index contributed by atoms with van der Waals surface area (Å²) in [5.41, 5.74) is 0. The van der Waals surface area contributed by atoms with Gasteiger partial charge in [-0.25, -0.2) is 0 Å². The van der Waals surface area contributed by atoms with Gasteiger partial charge in [-0.1, -0.05) is 43.8 Å². The lowest BCUT2D eigenvalue weighted by molar-refractivity contribution is -0.115. The number of nitrogens with zero attached hydrogens (tertiary/aromatic N) is 1. The number of hydrogen-bond acceptors (Lipinski definition) is 3. The highest BCUT2D eigenvalue weighted by molar-refractivity contribution is 7.75. The summed E-state index contributed by atoms with van der Waals surface area (Å²) in [7, 11) is -1.27. The molecule has 76 valence electrons. The first-order chi connectivity index (χ1) is 6.18. The van der Waals surface area contributed by atoms with Gasteiger partial charge in [-0.05, 0) is 0 Å². The molecule has 4 heteroatoms. The molecular formula is C9H16NO2S-. The van der Waals surface area contributed by atoms with E-state index in [9.17, 15) is 9.00 Å². The Morgan fingerprint density at radius 2 is 2.00 bits per heavy atom. The van der Waals surface area contributed by atoms with E-state index in [-0.39, 0.29) is 5.91 Å². The van der Waals surface area contributed by atoms with E-state index in [4.69, 9.17) is 0 Å². The smallest absolute Gasteiger partial charge is 0.219 e. The maximum absolute atomic E-state index is 11.2. The number of carbonyl (C=O) groups is 1. The number of carbonyl (C=O) groups excluding carboxylic acids is 1. The van der Waals surface area contributed by atoms with Crippen molar-refractivity contribution < 1.29 is 9.00 Å². The highest BCUT2D eigenvalue weighted by atomic mass is 32.2. The van der Waals surface area contributed by atoms with Gasteiger partial charge in [-0.3, -0.25) is 4.79 Å². The van der Waals surface area contributed by atoms with Gasteiger partial charge in [0.05, 0.1) is 0 Å². The zero-order chi connectivity index (χ0) is 9.68. The van der Waals surface area contributed by atoms with Gasteiger partial charge in [0.2, 0.25) is 5.91 Å². The first-order valence-electron chi connectivity index (χ1n) is 4.79. The third-order valence-electron chi connectivity index (χ3n) is 2.33. The Hall–Kier alpha value is -0.380. The summed E-state index contributed by atoms with van der Waals surface area (Å²) in [6.07, 6.45) is 6.08. The summed E-state index contributed by atoms with van der Waals surface area (Å²) < 4.78 is 14.8. The van der Waals surface area contributed by atoms with Crippen LogP contribution in [-0.4, -0.2) is 11.7 Å². The van der Waals surface area contributed by atoms with E-state index in [0.717, 1.165) is 12.8 Å². The van der Waals surface area contributed by atoms with Gasteiger partial charge in [0.25, 0.3) is 0 Å². The van der Waals surface area contributed by atoms with Gasteiger partial charge in [-0.15, -0.1) is 0 Å². The molecule has 1 rings (SSSR count). The molecule has 1 aliphatic rings. The van der Waals surface area contributed by atoms with Crippen molar-refractivity contribution >= 4 is 16.5 Å². The number of hydrogen-bond donors (Lipinski definition) is 0. The largest absolute Gasteiger partial charge is 0.444 e. The molecule has 0 bridgehead atoms. The molecule has 13 heavy (non-hydrogen) atoms. The topological polar surface area (TPSA) is 46.5 Å². The first kappa shape index (κ1) is 10.7. The van der Waals surface area contributed by atoms with Gasteiger partial charge in [0, 0.05) is 6.92 Å². The predicted molar refractivity (Wildman–Crippen MR) is 52.6 cm³/mol. The SMILES string of the molecule is CC(=O)N=[S-](=O)CC1CCCCC1. The monoisotopic (exact) mass is 202 g/mol. The molecule has 0 unspecified atom stereocenters. The van der Waals surface area contributed by atoms with E-state index in [1.54, 1.807) is 0 Å². The van der Waals surface area contributed by atoms with Crippen molar-refractivity contribution in [2.24, 2.45) is 10.3 Å². The molecule has 3 nitrogen and oxygen atoms in total. The maximum atomic E-state index is 11.2. The second-order valence-corrected chi connectivity index (χ2v) is 4.76. The van der Waals surface area contributed by atoms with Crippen LogP contribution in [0.1, 0.15) is 39.0 Å². The summed E-state index contributed by atoms with van der Waals surface area (Å²) >= 11 is 0. The van der Waals surface area contributed by atoms with Crippen molar-refractivity contribution in [3.8, 4) is 0 Å². The van der Waals surface area contributed by atoms with Crippen molar-refractivity contribution in [1.82, 2.24) is 0 Å². The second kappa shape index (κ2) is 5.37. The molecule has 0 aliphatic heterocycles. The third-order valence-corrected chi connectivity index (χ3v) is 3.55. The van der Waals surface area contributed by atoms with E-state index in [1.165, 1.54) is 26.2 Å². The molecule has 0 atom stereocenters. The van der Waals surface area contributed by atoms with Crippen molar-refractivity contribution in [3.63, 3.8) is 0 Å². The molecule has 0 radical (unpaired) electrons. The molecule has 1 aliphatic carbocycles. The van der Waals surface area contributed by atoms with Crippen LogP contribution in [0.5, 0.6) is 0 Å². The van der Waals surface area contributed by atoms with Gasteiger partial charge in [-0.2, -0.15) is 10.6 Å². The first-order valence-corrected chi connectivity index (χ1v) is 6.07. The predicted octanol–water partition coefficient (Wildman–Crippen LogP) is 2.26. The van der Waals surface area contributed by atoms with E-state index >= 15 is 0 Å². The van der Waals surface area contributed by atoms with Crippen LogP contribution in [0.3, 0.4) is 0 Å². The minimum absolute atomic E-state index is 0.325. The van der Waals surface area contributed by atoms with E-state index in [2.05, 4.69) is 4.36 Å². The molecule has 1 fully saturated rings. The fraction of sp³-hybridized carbons (Fsp3) is 0.889. The lowest BCUT2D eigenvalue weighted by Gasteiger charge is -2.22. The number of amides is 1. The average molecular weight is 202 g/mol. The summed E-state index contributed by atoms with van der Waals surface area (Å²) in [6.45, 7) is 1.35. The minimum Gasteiger partial charge on any atom is -0.444 e. The molecule has 0 spiro atoms. The Labute approximate surface area is 81.1 Å². The third kappa shape index (κ3) is 4.41. The Morgan fingerprint density at radius 3 is 2.54 bits per heavy atom. The van der Waals surface area contributed by atoms with Crippen LogP contribution >= 0.6 is 0 Å². The van der Waals surface area contributed by atoms with E-state index in [0.29, 0.717) is 11.7 Å². The molecule has 0 heterocycles. The Bertz CT molecular complexity index is 250. The standard InChI is InChI=1S/C9H16NO2S/c1-8(11)10-13(12)7-9-5-3-2-4-6-9/h9H,2-7H2,1H3/q-1. The van der Waals surface area contributed by atoms with Gasteiger partial charge < -0.3 is 8.57 Å². The highest BCUT2D eigenvalue weighted by Gasteiger charge is 2.09. The number of rotatable bonds is 2. The van der Waals surface area contributed by atoms with Crippen molar-refractivity contribution in [2.45, 2.75) is 39.0 Å². The summed E-state index contributed by atoms with van der Waals surface area (Å²) in [5.74, 6) is 0.784. The normalized spacial score (nSPS) is 21.6. The van der Waals surface area contributed by atoms with Gasteiger partial charge >= 0.3 is 0 Å². The average Bonchev–Trinajstić information content (AvgIpc) is 2.04.